The highest BCUT2D eigenvalue weighted by Gasteiger charge is 2.28. The van der Waals surface area contributed by atoms with E-state index in [1.165, 1.54) is 29.5 Å². The molecule has 1 N–H and O–H groups in total. The third kappa shape index (κ3) is 5.42. The summed E-state index contributed by atoms with van der Waals surface area (Å²) in [4.78, 5) is 17.9. The minimum absolute atomic E-state index is 0.0356. The van der Waals surface area contributed by atoms with E-state index in [9.17, 15) is 13.2 Å². The number of nitrogens with one attached hydrogen (secondary N) is 1. The van der Waals surface area contributed by atoms with Gasteiger partial charge in [-0.25, -0.2) is 13.1 Å². The highest BCUT2D eigenvalue weighted by Crippen LogP contribution is 2.31. The Balaban J connectivity index is 1.62. The molecule has 1 amide bonds. The third-order valence-electron chi connectivity index (χ3n) is 5.57. The molecular weight excluding hydrogens is 504 g/mol. The number of pyridine rings is 1. The minimum atomic E-state index is -4.14. The molecule has 0 bridgehead atoms. The molecule has 0 saturated carbocycles. The summed E-state index contributed by atoms with van der Waals surface area (Å²) in [5, 5.41) is 9.41. The lowest BCUT2D eigenvalue weighted by atomic mass is 10.2. The van der Waals surface area contributed by atoms with Crippen LogP contribution in [0.3, 0.4) is 0 Å². The second kappa shape index (κ2) is 10.7. The maximum atomic E-state index is 13.7. The molecule has 0 radical (unpaired) electrons. The Kier molecular flexibility index (Phi) is 7.07. The van der Waals surface area contributed by atoms with E-state index in [2.05, 4.69) is 10.3 Å². The Morgan fingerprint density at radius 3 is 2.30 bits per heavy atom. The van der Waals surface area contributed by atoms with Crippen molar-refractivity contribution in [3.05, 3.63) is 125 Å². The van der Waals surface area contributed by atoms with Crippen LogP contribution >= 0.6 is 11.3 Å². The van der Waals surface area contributed by atoms with Gasteiger partial charge in [-0.1, -0.05) is 42.5 Å². The van der Waals surface area contributed by atoms with Crippen LogP contribution < -0.4 is 5.32 Å². The third-order valence-corrected chi connectivity index (χ3v) is 8.23. The molecule has 7 nitrogen and oxygen atoms in total. The molecule has 0 fully saturated rings. The van der Waals surface area contributed by atoms with Crippen LogP contribution in [0.2, 0.25) is 0 Å². The molecular formula is C28H22N4O3S2. The Bertz CT molecular complexity index is 1630. The number of thiophene rings is 1. The highest BCUT2D eigenvalue weighted by molar-refractivity contribution is 7.96. The average Bonchev–Trinajstić information content (AvgIpc) is 3.62. The van der Waals surface area contributed by atoms with E-state index in [0.29, 0.717) is 11.3 Å². The van der Waals surface area contributed by atoms with Crippen molar-refractivity contribution in [3.8, 4) is 16.3 Å². The number of rotatable bonds is 8. The first-order valence-electron chi connectivity index (χ1n) is 11.4. The van der Waals surface area contributed by atoms with Crippen LogP contribution in [0.15, 0.2) is 119 Å². The van der Waals surface area contributed by atoms with Crippen LogP contribution in [0.4, 0.5) is 0 Å². The number of amides is 1. The van der Waals surface area contributed by atoms with Gasteiger partial charge in [-0.05, 0) is 59.5 Å². The molecule has 3 aromatic heterocycles. The van der Waals surface area contributed by atoms with Gasteiger partial charge in [0, 0.05) is 30.7 Å². The summed E-state index contributed by atoms with van der Waals surface area (Å²) in [5.74, 6) is -0.703. The van der Waals surface area contributed by atoms with Crippen LogP contribution in [0.5, 0.6) is 0 Å². The van der Waals surface area contributed by atoms with E-state index in [-0.39, 0.29) is 16.3 Å². The van der Waals surface area contributed by atoms with Crippen molar-refractivity contribution in [2.24, 2.45) is 0 Å². The Morgan fingerprint density at radius 2 is 1.62 bits per heavy atom. The van der Waals surface area contributed by atoms with Crippen molar-refractivity contribution < 1.29 is 13.2 Å². The lowest BCUT2D eigenvalue weighted by molar-refractivity contribution is -0.116. The zero-order valence-corrected chi connectivity index (χ0v) is 21.2. The minimum Gasteiger partial charge on any atom is -0.347 e. The number of hydrogen-bond acceptors (Lipinski definition) is 6. The molecule has 9 heteroatoms. The number of nitrogens with zero attached hydrogens (tertiary/aromatic N) is 3. The van der Waals surface area contributed by atoms with Crippen molar-refractivity contribution in [1.82, 2.24) is 20.1 Å². The molecule has 0 atom stereocenters. The lowest BCUT2D eigenvalue weighted by Crippen LogP contribution is -2.28. The molecule has 0 aliphatic heterocycles. The second-order valence-corrected chi connectivity index (χ2v) is 10.9. The largest absolute Gasteiger partial charge is 0.347 e. The number of para-hydroxylation sites is 1. The molecule has 5 rings (SSSR count). The monoisotopic (exact) mass is 526 g/mol. The molecule has 0 aliphatic rings. The van der Waals surface area contributed by atoms with E-state index < -0.39 is 15.7 Å². The molecule has 184 valence electrons. The zero-order chi connectivity index (χ0) is 25.7. The fourth-order valence-electron chi connectivity index (χ4n) is 3.71. The molecule has 0 unspecified atom stereocenters. The molecule has 0 saturated heterocycles. The normalized spacial score (nSPS) is 11.8. The number of sulfone groups is 1. The van der Waals surface area contributed by atoms with Gasteiger partial charge in [0.1, 0.15) is 10.6 Å². The smallest absolute Gasteiger partial charge is 0.263 e. The topological polar surface area (TPSA) is 93.9 Å². The Morgan fingerprint density at radius 1 is 0.919 bits per heavy atom. The number of carbonyl (C=O) groups is 1. The van der Waals surface area contributed by atoms with Gasteiger partial charge in [-0.15, -0.1) is 11.3 Å². The number of benzene rings is 2. The number of carbonyl (C=O) groups excluding carboxylic acids is 1. The van der Waals surface area contributed by atoms with Crippen molar-refractivity contribution >= 4 is 33.2 Å². The van der Waals surface area contributed by atoms with Crippen LogP contribution in [0.1, 0.15) is 11.1 Å². The first-order chi connectivity index (χ1) is 18.0. The van der Waals surface area contributed by atoms with E-state index in [0.717, 1.165) is 16.1 Å². The molecule has 2 aromatic carbocycles. The molecule has 0 aliphatic carbocycles. The van der Waals surface area contributed by atoms with Gasteiger partial charge >= 0.3 is 0 Å². The van der Waals surface area contributed by atoms with Crippen LogP contribution in [-0.4, -0.2) is 29.1 Å². The molecule has 0 spiro atoms. The van der Waals surface area contributed by atoms with E-state index in [1.807, 2.05) is 47.8 Å². The van der Waals surface area contributed by atoms with Gasteiger partial charge < -0.3 is 5.32 Å². The van der Waals surface area contributed by atoms with Crippen molar-refractivity contribution in [3.63, 3.8) is 0 Å². The summed E-state index contributed by atoms with van der Waals surface area (Å²) < 4.78 is 29.1. The highest BCUT2D eigenvalue weighted by atomic mass is 32.2. The van der Waals surface area contributed by atoms with Gasteiger partial charge in [-0.2, -0.15) is 5.10 Å². The van der Waals surface area contributed by atoms with Crippen LogP contribution in [-0.2, 0) is 21.2 Å². The first-order valence-corrected chi connectivity index (χ1v) is 13.8. The van der Waals surface area contributed by atoms with Gasteiger partial charge in [-0.3, -0.25) is 9.78 Å². The summed E-state index contributed by atoms with van der Waals surface area (Å²) in [6.07, 6.45) is 6.38. The molecule has 5 aromatic rings. The molecule has 37 heavy (non-hydrogen) atoms. The lowest BCUT2D eigenvalue weighted by Gasteiger charge is -2.11. The van der Waals surface area contributed by atoms with Crippen molar-refractivity contribution in [1.29, 1.82) is 0 Å². The van der Waals surface area contributed by atoms with Crippen molar-refractivity contribution in [2.45, 2.75) is 11.4 Å². The summed E-state index contributed by atoms with van der Waals surface area (Å²) in [6.45, 7) is 0.157. The second-order valence-electron chi connectivity index (χ2n) is 8.05. The summed E-state index contributed by atoms with van der Waals surface area (Å²) in [6, 6.07) is 24.8. The first kappa shape index (κ1) is 24.4. The number of aromatic nitrogens is 3. The predicted octanol–water partition coefficient (Wildman–Crippen LogP) is 5.13. The van der Waals surface area contributed by atoms with Gasteiger partial charge in [0.15, 0.2) is 0 Å². The van der Waals surface area contributed by atoms with Gasteiger partial charge in [0.05, 0.1) is 15.5 Å². The van der Waals surface area contributed by atoms with E-state index in [4.69, 9.17) is 5.10 Å². The Labute approximate surface area is 218 Å². The van der Waals surface area contributed by atoms with Gasteiger partial charge in [0.25, 0.3) is 5.91 Å². The molecule has 3 heterocycles. The Hall–Kier alpha value is -4.34. The number of hydrogen-bond donors (Lipinski definition) is 1. The van der Waals surface area contributed by atoms with Crippen molar-refractivity contribution in [2.75, 3.05) is 0 Å². The van der Waals surface area contributed by atoms with E-state index >= 15 is 0 Å². The quantitative estimate of drug-likeness (QED) is 0.283. The summed E-state index contributed by atoms with van der Waals surface area (Å²) >= 11 is 1.48. The SMILES string of the molecule is O=C(NCc1ccncc1)C(=Cc1cn(-c2ccccc2)nc1-c1cccs1)S(=O)(=O)c1ccccc1. The van der Waals surface area contributed by atoms with Crippen LogP contribution in [0, 0.1) is 0 Å². The maximum absolute atomic E-state index is 13.7. The standard InChI is InChI=1S/C28H22N4O3S2/c33-28(30-19-21-13-15-29-16-14-21)26(37(34,35)24-10-5-2-6-11-24)18-22-20-32(23-8-3-1-4-9-23)31-27(22)25-12-7-17-36-25/h1-18,20H,19H2,(H,30,33). The maximum Gasteiger partial charge on any atom is 0.263 e. The van der Waals surface area contributed by atoms with Gasteiger partial charge in [0.2, 0.25) is 9.84 Å². The van der Waals surface area contributed by atoms with Crippen LogP contribution in [0.25, 0.3) is 22.3 Å². The van der Waals surface area contributed by atoms with E-state index in [1.54, 1.807) is 53.6 Å². The summed E-state index contributed by atoms with van der Waals surface area (Å²) in [5.41, 5.74) is 2.71. The summed E-state index contributed by atoms with van der Waals surface area (Å²) in [7, 11) is -4.14. The predicted molar refractivity (Wildman–Crippen MR) is 145 cm³/mol. The zero-order valence-electron chi connectivity index (χ0n) is 19.6. The average molecular weight is 527 g/mol. The fraction of sp³-hybridized carbons (Fsp3) is 0.0357. The fourth-order valence-corrected chi connectivity index (χ4v) is 5.81.